The minimum Gasteiger partial charge on any atom is -0.443 e. The maximum Gasteiger partial charge on any atom is 0.414 e. The van der Waals surface area contributed by atoms with E-state index in [-0.39, 0.29) is 35.0 Å². The topological polar surface area (TPSA) is 100 Å². The number of ether oxygens (including phenoxy) is 1. The lowest BCUT2D eigenvalue weighted by Gasteiger charge is -2.40. The molecule has 1 amide bonds. The van der Waals surface area contributed by atoms with Crippen LogP contribution in [-0.4, -0.2) is 85.7 Å². The van der Waals surface area contributed by atoms with Crippen LogP contribution >= 0.6 is 0 Å². The van der Waals surface area contributed by atoms with Crippen LogP contribution in [0.1, 0.15) is 45.2 Å². The van der Waals surface area contributed by atoms with Gasteiger partial charge in [-0.15, -0.1) is 0 Å². The Morgan fingerprint density at radius 3 is 2.80 bits per heavy atom. The molecule has 0 bridgehead atoms. The fourth-order valence-electron chi connectivity index (χ4n) is 6.78. The van der Waals surface area contributed by atoms with Gasteiger partial charge in [0, 0.05) is 74.3 Å². The summed E-state index contributed by atoms with van der Waals surface area (Å²) in [5.74, 6) is -1.51. The Bertz CT molecular complexity index is 1380. The molecule has 1 aromatic carbocycles. The van der Waals surface area contributed by atoms with Gasteiger partial charge in [0.15, 0.2) is 11.6 Å². The number of nitrogens with zero attached hydrogens (tertiary/aromatic N) is 4. The number of hydrogen-bond acceptors (Lipinski definition) is 7. The summed E-state index contributed by atoms with van der Waals surface area (Å²) in [6, 6.07) is 0.959. The Morgan fingerprint density at radius 1 is 1.37 bits per heavy atom. The van der Waals surface area contributed by atoms with Gasteiger partial charge in [0.25, 0.3) is 0 Å². The third-order valence-electron chi connectivity index (χ3n) is 8.56. The van der Waals surface area contributed by atoms with E-state index in [2.05, 4.69) is 27.1 Å². The van der Waals surface area contributed by atoms with Gasteiger partial charge in [-0.25, -0.2) is 18.6 Å². The quantitative estimate of drug-likeness (QED) is 0.398. The van der Waals surface area contributed by atoms with E-state index >= 15 is 8.78 Å². The van der Waals surface area contributed by atoms with E-state index in [1.165, 1.54) is 18.2 Å². The van der Waals surface area contributed by atoms with Gasteiger partial charge >= 0.3 is 6.09 Å². The van der Waals surface area contributed by atoms with E-state index < -0.39 is 23.3 Å². The molecule has 0 saturated carbocycles. The monoisotopic (exact) mass is 569 g/mol. The highest BCUT2D eigenvalue weighted by molar-refractivity contribution is 6.04. The highest BCUT2D eigenvalue weighted by Crippen LogP contribution is 2.51. The molecular weight excluding hydrogens is 528 g/mol. The number of aromatic nitrogens is 1. The van der Waals surface area contributed by atoms with Gasteiger partial charge < -0.3 is 25.3 Å². The van der Waals surface area contributed by atoms with Crippen molar-refractivity contribution in [3.8, 4) is 0 Å². The van der Waals surface area contributed by atoms with E-state index in [4.69, 9.17) is 15.1 Å². The van der Waals surface area contributed by atoms with Crippen LogP contribution in [0.25, 0.3) is 10.9 Å². The summed E-state index contributed by atoms with van der Waals surface area (Å²) in [4.78, 5) is 26.9. The number of likely N-dealkylation sites (tertiary alicyclic amines) is 2. The van der Waals surface area contributed by atoms with Crippen LogP contribution in [0, 0.1) is 34.8 Å². The number of halogens is 2. The molecular formula is C30H41F2N7O2. The minimum atomic E-state index is -1.05. The van der Waals surface area contributed by atoms with Crippen molar-refractivity contribution in [3.05, 3.63) is 35.5 Å². The highest BCUT2D eigenvalue weighted by atomic mass is 19.2. The van der Waals surface area contributed by atoms with Gasteiger partial charge in [-0.05, 0) is 65.5 Å². The van der Waals surface area contributed by atoms with Crippen LogP contribution in [0.5, 0.6) is 0 Å². The van der Waals surface area contributed by atoms with Gasteiger partial charge in [-0.3, -0.25) is 9.80 Å². The summed E-state index contributed by atoms with van der Waals surface area (Å²) < 4.78 is 36.8. The van der Waals surface area contributed by atoms with Gasteiger partial charge in [0.1, 0.15) is 11.4 Å². The molecule has 3 unspecified atom stereocenters. The smallest absolute Gasteiger partial charge is 0.414 e. The number of benzene rings is 1. The number of likely N-dealkylation sites (N-methyl/N-ethyl adjacent to an activating group) is 1. The molecule has 2 saturated heterocycles. The Labute approximate surface area is 240 Å². The lowest BCUT2D eigenvalue weighted by molar-refractivity contribution is 0.0589. The van der Waals surface area contributed by atoms with Crippen molar-refractivity contribution >= 4 is 40.9 Å². The standard InChI is InChI=1S/C30H41F2N7O2/c1-30(2,3)41-29(40)38(6)21-12-20(31)25(32)23-24-27(39-11-9-18-15-37(5)16-22(18)39)19(14-35-28(24)36-26(21)23)17(13-33)8-7-10-34-4/h7,10,12-14,17-19,22,27,33-34,36H,8-9,11,15-16H2,1-6H3/b10-7+,33-13?/t17?,18-,19?,22+,27?/m1/s1. The number of aliphatic imine (C=N–C) groups is 1. The average molecular weight is 570 g/mol. The van der Waals surface area contributed by atoms with Crippen LogP contribution in [0.2, 0.25) is 0 Å². The molecule has 3 N–H and O–H groups in total. The molecule has 5 atom stereocenters. The van der Waals surface area contributed by atoms with E-state index in [0.29, 0.717) is 29.2 Å². The summed E-state index contributed by atoms with van der Waals surface area (Å²) in [6.45, 7) is 7.97. The number of carbonyl (C=O) groups excluding carboxylic acids is 1. The van der Waals surface area contributed by atoms with Crippen LogP contribution in [0.4, 0.5) is 25.1 Å². The van der Waals surface area contributed by atoms with Crippen molar-refractivity contribution in [1.29, 1.82) is 5.41 Å². The Balaban J connectivity index is 1.67. The van der Waals surface area contributed by atoms with Gasteiger partial charge in [0.05, 0.1) is 11.2 Å². The van der Waals surface area contributed by atoms with Crippen LogP contribution in [0.3, 0.4) is 0 Å². The maximum atomic E-state index is 15.9. The Hall–Kier alpha value is -3.31. The fraction of sp³-hybridized carbons (Fsp3) is 0.567. The lowest BCUT2D eigenvalue weighted by atomic mass is 9.79. The number of H-pyrrole nitrogens is 1. The second-order valence-corrected chi connectivity index (χ2v) is 12.5. The number of hydrogen-bond donors (Lipinski definition) is 3. The number of aromatic amines is 1. The summed E-state index contributed by atoms with van der Waals surface area (Å²) in [5, 5.41) is 11.4. The van der Waals surface area contributed by atoms with Crippen molar-refractivity contribution in [3.63, 3.8) is 0 Å². The average Bonchev–Trinajstić information content (AvgIpc) is 3.59. The zero-order valence-electron chi connectivity index (χ0n) is 24.7. The summed E-state index contributed by atoms with van der Waals surface area (Å²) in [5.41, 5.74) is 0.299. The first-order chi connectivity index (χ1) is 19.4. The predicted octanol–water partition coefficient (Wildman–Crippen LogP) is 5.22. The zero-order chi connectivity index (χ0) is 29.6. The molecule has 0 spiro atoms. The lowest BCUT2D eigenvalue weighted by Crippen LogP contribution is -2.44. The van der Waals surface area contributed by atoms with Crippen molar-refractivity contribution in [2.45, 2.75) is 51.3 Å². The second-order valence-electron chi connectivity index (χ2n) is 12.5. The number of anilines is 1. The highest BCUT2D eigenvalue weighted by Gasteiger charge is 2.48. The zero-order valence-corrected chi connectivity index (χ0v) is 24.7. The third-order valence-corrected chi connectivity index (χ3v) is 8.56. The van der Waals surface area contributed by atoms with Crippen LogP contribution in [-0.2, 0) is 4.74 Å². The summed E-state index contributed by atoms with van der Waals surface area (Å²) >= 11 is 0. The first kappa shape index (κ1) is 29.2. The molecule has 2 aromatic rings. The number of rotatable bonds is 7. The Kier molecular flexibility index (Phi) is 7.95. The number of nitrogens with one attached hydrogen (secondary N) is 3. The fourth-order valence-corrected chi connectivity index (χ4v) is 6.78. The molecule has 222 valence electrons. The first-order valence-electron chi connectivity index (χ1n) is 14.3. The van der Waals surface area contributed by atoms with Crippen molar-refractivity contribution in [1.82, 2.24) is 20.1 Å². The molecule has 11 heteroatoms. The van der Waals surface area contributed by atoms with Gasteiger partial charge in [-0.1, -0.05) is 6.08 Å². The Morgan fingerprint density at radius 2 is 2.12 bits per heavy atom. The predicted molar refractivity (Wildman–Crippen MR) is 158 cm³/mol. The van der Waals surface area contributed by atoms with E-state index in [0.717, 1.165) is 32.1 Å². The summed E-state index contributed by atoms with van der Waals surface area (Å²) in [7, 11) is 5.43. The first-order valence-corrected chi connectivity index (χ1v) is 14.3. The number of carbonyl (C=O) groups is 1. The molecule has 0 aliphatic carbocycles. The summed E-state index contributed by atoms with van der Waals surface area (Å²) in [6.07, 6.45) is 8.07. The number of amides is 1. The van der Waals surface area contributed by atoms with Gasteiger partial charge in [0.2, 0.25) is 0 Å². The largest absolute Gasteiger partial charge is 0.443 e. The molecule has 0 radical (unpaired) electrons. The molecule has 5 rings (SSSR count). The third kappa shape index (κ3) is 5.37. The number of fused-ring (bicyclic) bond motifs is 4. The van der Waals surface area contributed by atoms with Crippen molar-refractivity contribution in [2.75, 3.05) is 45.7 Å². The molecule has 2 fully saturated rings. The molecule has 41 heavy (non-hydrogen) atoms. The molecule has 9 nitrogen and oxygen atoms in total. The van der Waals surface area contributed by atoms with Gasteiger partial charge in [-0.2, -0.15) is 0 Å². The number of allylic oxidation sites excluding steroid dienone is 1. The molecule has 1 aromatic heterocycles. The minimum absolute atomic E-state index is 0.0987. The van der Waals surface area contributed by atoms with E-state index in [1.54, 1.807) is 20.8 Å². The second kappa shape index (κ2) is 11.2. The SMILES string of the molecule is CN/C=C/CC(C=N)C1C=Nc2[nH]c3c(N(C)C(=O)OC(C)(C)C)cc(F)c(F)c3c2C1N1CC[C@@H]2CN(C)C[C@@H]21. The molecule has 3 aliphatic heterocycles. The van der Waals surface area contributed by atoms with Crippen molar-refractivity contribution < 1.29 is 18.3 Å². The maximum absolute atomic E-state index is 15.9. The van der Waals surface area contributed by atoms with E-state index in [1.807, 2.05) is 25.5 Å². The van der Waals surface area contributed by atoms with Crippen LogP contribution < -0.4 is 10.2 Å². The van der Waals surface area contributed by atoms with Crippen LogP contribution in [0.15, 0.2) is 23.3 Å². The molecule has 3 aliphatic rings. The van der Waals surface area contributed by atoms with Crippen molar-refractivity contribution in [2.24, 2.45) is 22.7 Å². The van der Waals surface area contributed by atoms with E-state index in [9.17, 15) is 4.79 Å². The molecule has 4 heterocycles. The normalized spacial score (nSPS) is 25.5.